The summed E-state index contributed by atoms with van der Waals surface area (Å²) in [6.07, 6.45) is 1.95. The summed E-state index contributed by atoms with van der Waals surface area (Å²) in [4.78, 5) is 26.3. The molecule has 1 heterocycles. The van der Waals surface area contributed by atoms with Crippen molar-refractivity contribution in [1.82, 2.24) is 10.2 Å². The van der Waals surface area contributed by atoms with Crippen molar-refractivity contribution in [3.8, 4) is 0 Å². The zero-order chi connectivity index (χ0) is 17.5. The molecular weight excluding hydrogens is 304 g/mol. The van der Waals surface area contributed by atoms with E-state index < -0.39 is 0 Å². The number of amides is 2. The quantitative estimate of drug-likeness (QED) is 0.760. The number of hydrogen-bond acceptors (Lipinski definition) is 3. The van der Waals surface area contributed by atoms with E-state index >= 15 is 0 Å². The van der Waals surface area contributed by atoms with Gasteiger partial charge in [-0.15, -0.1) is 0 Å². The number of nitrogens with one attached hydrogen (secondary N) is 1. The molecule has 1 aromatic rings. The Hall–Kier alpha value is -1.88. The molecule has 132 valence electrons. The molecule has 5 nitrogen and oxygen atoms in total. The summed E-state index contributed by atoms with van der Waals surface area (Å²) in [5.74, 6) is -0.184. The highest BCUT2D eigenvalue weighted by Gasteiger charge is 2.35. The van der Waals surface area contributed by atoms with Crippen molar-refractivity contribution in [3.63, 3.8) is 0 Å². The van der Waals surface area contributed by atoms with Gasteiger partial charge in [-0.3, -0.25) is 9.59 Å². The second-order valence-corrected chi connectivity index (χ2v) is 6.66. The van der Waals surface area contributed by atoms with Gasteiger partial charge in [0.15, 0.2) is 0 Å². The molecule has 0 unspecified atom stereocenters. The predicted molar refractivity (Wildman–Crippen MR) is 93.3 cm³/mol. The average Bonchev–Trinajstić information content (AvgIpc) is 2.99. The fourth-order valence-corrected chi connectivity index (χ4v) is 3.03. The molecule has 0 saturated carbocycles. The SMILES string of the molecule is CC[C@@H](C)[C@@H](CO)NC(=O)[C@@H]1CC(=O)N(CCc2ccccc2)C1. The fraction of sp³-hybridized carbons (Fsp3) is 0.579. The first kappa shape index (κ1) is 18.5. The van der Waals surface area contributed by atoms with Crippen LogP contribution in [-0.2, 0) is 16.0 Å². The van der Waals surface area contributed by atoms with Crippen LogP contribution in [0.2, 0.25) is 0 Å². The van der Waals surface area contributed by atoms with Crippen molar-refractivity contribution >= 4 is 11.8 Å². The van der Waals surface area contributed by atoms with Crippen molar-refractivity contribution in [1.29, 1.82) is 0 Å². The third-order valence-electron chi connectivity index (χ3n) is 4.95. The smallest absolute Gasteiger partial charge is 0.225 e. The highest BCUT2D eigenvalue weighted by atomic mass is 16.3. The Morgan fingerprint density at radius 3 is 2.71 bits per heavy atom. The number of carbonyl (C=O) groups excluding carboxylic acids is 2. The molecule has 0 aromatic heterocycles. The third kappa shape index (κ3) is 4.81. The van der Waals surface area contributed by atoms with Crippen LogP contribution in [0.15, 0.2) is 30.3 Å². The summed E-state index contributed by atoms with van der Waals surface area (Å²) >= 11 is 0. The first-order chi connectivity index (χ1) is 11.5. The van der Waals surface area contributed by atoms with Crippen LogP contribution < -0.4 is 5.32 Å². The third-order valence-corrected chi connectivity index (χ3v) is 4.95. The van der Waals surface area contributed by atoms with Crippen molar-refractivity contribution in [2.75, 3.05) is 19.7 Å². The van der Waals surface area contributed by atoms with Gasteiger partial charge in [-0.2, -0.15) is 0 Å². The van der Waals surface area contributed by atoms with E-state index in [1.165, 1.54) is 5.56 Å². The predicted octanol–water partition coefficient (Wildman–Crippen LogP) is 1.60. The molecule has 2 rings (SSSR count). The number of hydrogen-bond donors (Lipinski definition) is 2. The maximum atomic E-state index is 12.4. The minimum atomic E-state index is -0.314. The van der Waals surface area contributed by atoms with Gasteiger partial charge >= 0.3 is 0 Å². The van der Waals surface area contributed by atoms with Gasteiger partial charge < -0.3 is 15.3 Å². The number of carbonyl (C=O) groups is 2. The second kappa shape index (κ2) is 8.83. The highest BCUT2D eigenvalue weighted by molar-refractivity contribution is 5.89. The van der Waals surface area contributed by atoms with Crippen LogP contribution in [0, 0.1) is 11.8 Å². The van der Waals surface area contributed by atoms with Gasteiger partial charge in [0.1, 0.15) is 0 Å². The highest BCUT2D eigenvalue weighted by Crippen LogP contribution is 2.19. The molecule has 1 aliphatic rings. The van der Waals surface area contributed by atoms with Gasteiger partial charge in [0.25, 0.3) is 0 Å². The molecule has 1 aromatic carbocycles. The van der Waals surface area contributed by atoms with Crippen LogP contribution in [0.3, 0.4) is 0 Å². The Morgan fingerprint density at radius 1 is 1.38 bits per heavy atom. The summed E-state index contributed by atoms with van der Waals surface area (Å²) in [5, 5.41) is 12.3. The van der Waals surface area contributed by atoms with Crippen molar-refractivity contribution in [2.24, 2.45) is 11.8 Å². The van der Waals surface area contributed by atoms with E-state index in [4.69, 9.17) is 0 Å². The molecular formula is C19H28N2O3. The lowest BCUT2D eigenvalue weighted by Gasteiger charge is -2.24. The molecule has 0 aliphatic carbocycles. The van der Waals surface area contributed by atoms with E-state index in [0.29, 0.717) is 13.1 Å². The van der Waals surface area contributed by atoms with Gasteiger partial charge in [0.2, 0.25) is 11.8 Å². The monoisotopic (exact) mass is 332 g/mol. The Kier molecular flexibility index (Phi) is 6.79. The number of benzene rings is 1. The first-order valence-corrected chi connectivity index (χ1v) is 8.78. The van der Waals surface area contributed by atoms with Crippen LogP contribution in [-0.4, -0.2) is 47.6 Å². The zero-order valence-electron chi connectivity index (χ0n) is 14.6. The Balaban J connectivity index is 1.85. The Labute approximate surface area is 144 Å². The van der Waals surface area contributed by atoms with Gasteiger partial charge in [0, 0.05) is 19.5 Å². The van der Waals surface area contributed by atoms with E-state index in [0.717, 1.165) is 12.8 Å². The van der Waals surface area contributed by atoms with Gasteiger partial charge in [0.05, 0.1) is 18.6 Å². The first-order valence-electron chi connectivity index (χ1n) is 8.78. The topological polar surface area (TPSA) is 69.6 Å². The van der Waals surface area contributed by atoms with Crippen molar-refractivity contribution in [2.45, 2.75) is 39.2 Å². The molecule has 0 radical (unpaired) electrons. The Morgan fingerprint density at radius 2 is 2.08 bits per heavy atom. The van der Waals surface area contributed by atoms with Crippen LogP contribution in [0.25, 0.3) is 0 Å². The standard InChI is InChI=1S/C19H28N2O3/c1-3-14(2)17(13-22)20-19(24)16-11-18(23)21(12-16)10-9-15-7-5-4-6-8-15/h4-8,14,16-17,22H,3,9-13H2,1-2H3,(H,20,24)/t14-,16-,17-/m1/s1. The van der Waals surface area contributed by atoms with Gasteiger partial charge in [-0.1, -0.05) is 50.6 Å². The number of likely N-dealkylation sites (tertiary alicyclic amines) is 1. The lowest BCUT2D eigenvalue weighted by molar-refractivity contribution is -0.129. The maximum Gasteiger partial charge on any atom is 0.225 e. The van der Waals surface area contributed by atoms with Gasteiger partial charge in [-0.05, 0) is 17.9 Å². The van der Waals surface area contributed by atoms with Crippen molar-refractivity contribution < 1.29 is 14.7 Å². The molecule has 0 bridgehead atoms. The van der Waals surface area contributed by atoms with Crippen molar-refractivity contribution in [3.05, 3.63) is 35.9 Å². The van der Waals surface area contributed by atoms with E-state index in [9.17, 15) is 14.7 Å². The molecule has 24 heavy (non-hydrogen) atoms. The number of nitrogens with zero attached hydrogens (tertiary/aromatic N) is 1. The van der Waals surface area contributed by atoms with Crippen LogP contribution in [0.4, 0.5) is 0 Å². The summed E-state index contributed by atoms with van der Waals surface area (Å²) < 4.78 is 0. The fourth-order valence-electron chi connectivity index (χ4n) is 3.03. The maximum absolute atomic E-state index is 12.4. The van der Waals surface area contributed by atoms with Crippen LogP contribution >= 0.6 is 0 Å². The lowest BCUT2D eigenvalue weighted by Crippen LogP contribution is -2.45. The number of aliphatic hydroxyl groups excluding tert-OH is 1. The average molecular weight is 332 g/mol. The zero-order valence-corrected chi connectivity index (χ0v) is 14.6. The molecule has 1 aliphatic heterocycles. The van der Waals surface area contributed by atoms with Crippen LogP contribution in [0.1, 0.15) is 32.3 Å². The lowest BCUT2D eigenvalue weighted by atomic mass is 9.98. The van der Waals surface area contributed by atoms with E-state index in [2.05, 4.69) is 5.32 Å². The largest absolute Gasteiger partial charge is 0.394 e. The number of rotatable bonds is 8. The van der Waals surface area contributed by atoms with Crippen LogP contribution in [0.5, 0.6) is 0 Å². The van der Waals surface area contributed by atoms with Gasteiger partial charge in [-0.25, -0.2) is 0 Å². The molecule has 5 heteroatoms. The second-order valence-electron chi connectivity index (χ2n) is 6.66. The molecule has 2 amide bonds. The molecule has 2 N–H and O–H groups in total. The molecule has 3 atom stereocenters. The summed E-state index contributed by atoms with van der Waals surface area (Å²) in [6.45, 7) is 5.08. The normalized spacial score (nSPS) is 20.0. The Bertz CT molecular complexity index is 547. The number of aliphatic hydroxyl groups is 1. The summed E-state index contributed by atoms with van der Waals surface area (Å²) in [7, 11) is 0. The van der Waals surface area contributed by atoms with E-state index in [-0.39, 0.29) is 42.7 Å². The van der Waals surface area contributed by atoms with E-state index in [1.54, 1.807) is 4.90 Å². The minimum absolute atomic E-state index is 0.0372. The molecule has 1 fully saturated rings. The molecule has 1 saturated heterocycles. The summed E-state index contributed by atoms with van der Waals surface area (Å²) in [5.41, 5.74) is 1.19. The van der Waals surface area contributed by atoms with E-state index in [1.807, 2.05) is 44.2 Å². The summed E-state index contributed by atoms with van der Waals surface area (Å²) in [6, 6.07) is 9.80. The molecule has 0 spiro atoms. The minimum Gasteiger partial charge on any atom is -0.394 e.